The van der Waals surface area contributed by atoms with Crippen molar-refractivity contribution in [2.24, 2.45) is 0 Å². The highest BCUT2D eigenvalue weighted by atomic mass is 28.4. The number of rotatable bonds is 7. The number of ether oxygens (including phenoxy) is 1. The van der Waals surface area contributed by atoms with Gasteiger partial charge < -0.3 is 9.16 Å². The second kappa shape index (κ2) is 7.62. The maximum Gasteiger partial charge on any atom is 0.333 e. The molecule has 1 atom stereocenters. The van der Waals surface area contributed by atoms with Gasteiger partial charge in [-0.2, -0.15) is 0 Å². The van der Waals surface area contributed by atoms with Crippen LogP contribution in [0.1, 0.15) is 48.5 Å². The lowest BCUT2D eigenvalue weighted by Gasteiger charge is -2.41. The van der Waals surface area contributed by atoms with Crippen LogP contribution in [0.15, 0.2) is 12.7 Å². The standard InChI is InChI=1S/C15H28O4Si/c1-9-14(16)18-13(8)15(17)19-20(10(2)3,11(4)5)12(6)7/h9-13H,1H2,2-8H3. The van der Waals surface area contributed by atoms with Gasteiger partial charge in [0.2, 0.25) is 0 Å². The van der Waals surface area contributed by atoms with E-state index in [1.807, 2.05) is 0 Å². The van der Waals surface area contributed by atoms with Crippen molar-refractivity contribution in [2.75, 3.05) is 0 Å². The van der Waals surface area contributed by atoms with Gasteiger partial charge in [0.15, 0.2) is 6.10 Å². The third-order valence-electron chi connectivity index (χ3n) is 3.78. The Morgan fingerprint density at radius 3 is 1.65 bits per heavy atom. The fraction of sp³-hybridized carbons (Fsp3) is 0.733. The molecule has 0 aromatic rings. The molecule has 0 spiro atoms. The van der Waals surface area contributed by atoms with Crippen LogP contribution in [0, 0.1) is 0 Å². The van der Waals surface area contributed by atoms with Gasteiger partial charge in [0.25, 0.3) is 8.32 Å². The Morgan fingerprint density at radius 1 is 0.950 bits per heavy atom. The van der Waals surface area contributed by atoms with Gasteiger partial charge >= 0.3 is 11.9 Å². The fourth-order valence-electron chi connectivity index (χ4n) is 2.88. The monoisotopic (exact) mass is 300 g/mol. The zero-order valence-electron chi connectivity index (χ0n) is 13.7. The highest BCUT2D eigenvalue weighted by Crippen LogP contribution is 2.42. The second-order valence-electron chi connectivity index (χ2n) is 6.02. The molecule has 0 aromatic carbocycles. The Hall–Kier alpha value is -1.10. The summed E-state index contributed by atoms with van der Waals surface area (Å²) in [5.41, 5.74) is 0.899. The molecule has 0 bridgehead atoms. The van der Waals surface area contributed by atoms with E-state index in [0.717, 1.165) is 6.08 Å². The van der Waals surface area contributed by atoms with Crippen molar-refractivity contribution in [2.45, 2.75) is 71.2 Å². The van der Waals surface area contributed by atoms with Crippen LogP contribution in [0.4, 0.5) is 0 Å². The molecule has 0 aliphatic rings. The van der Waals surface area contributed by atoms with Crippen LogP contribution < -0.4 is 0 Å². The summed E-state index contributed by atoms with van der Waals surface area (Å²) in [5, 5.41) is 0. The number of hydrogen-bond donors (Lipinski definition) is 0. The normalized spacial score (nSPS) is 13.5. The molecular weight excluding hydrogens is 272 g/mol. The third-order valence-corrected chi connectivity index (χ3v) is 9.74. The first kappa shape index (κ1) is 18.9. The van der Waals surface area contributed by atoms with E-state index in [-0.39, 0.29) is 0 Å². The molecule has 0 saturated carbocycles. The molecule has 4 nitrogen and oxygen atoms in total. The molecule has 20 heavy (non-hydrogen) atoms. The van der Waals surface area contributed by atoms with E-state index >= 15 is 0 Å². The minimum Gasteiger partial charge on any atom is -0.516 e. The smallest absolute Gasteiger partial charge is 0.333 e. The Morgan fingerprint density at radius 2 is 1.35 bits per heavy atom. The molecule has 1 unspecified atom stereocenters. The van der Waals surface area contributed by atoms with Crippen molar-refractivity contribution in [3.05, 3.63) is 12.7 Å². The van der Waals surface area contributed by atoms with Gasteiger partial charge in [0.1, 0.15) is 0 Å². The highest BCUT2D eigenvalue weighted by molar-refractivity contribution is 6.78. The molecule has 0 N–H and O–H groups in total. The Balaban J connectivity index is 5.13. The molecule has 5 heteroatoms. The molecule has 0 heterocycles. The fourth-order valence-corrected chi connectivity index (χ4v) is 8.10. The Kier molecular flexibility index (Phi) is 7.20. The summed E-state index contributed by atoms with van der Waals surface area (Å²) in [6.07, 6.45) is 0.144. The van der Waals surface area contributed by atoms with Gasteiger partial charge in [0.05, 0.1) is 0 Å². The van der Waals surface area contributed by atoms with Crippen LogP contribution in [0.2, 0.25) is 16.6 Å². The van der Waals surface area contributed by atoms with Crippen LogP contribution in [0.5, 0.6) is 0 Å². The summed E-state index contributed by atoms with van der Waals surface area (Å²) < 4.78 is 10.9. The largest absolute Gasteiger partial charge is 0.516 e. The molecular formula is C15H28O4Si. The molecule has 116 valence electrons. The van der Waals surface area contributed by atoms with Crippen molar-refractivity contribution in [3.63, 3.8) is 0 Å². The molecule has 0 radical (unpaired) electrons. The minimum atomic E-state index is -2.28. The first-order valence-corrected chi connectivity index (χ1v) is 9.29. The summed E-state index contributed by atoms with van der Waals surface area (Å²) >= 11 is 0. The lowest BCUT2D eigenvalue weighted by atomic mass is 10.4. The van der Waals surface area contributed by atoms with E-state index in [9.17, 15) is 9.59 Å². The SMILES string of the molecule is C=CC(=O)OC(C)C(=O)O[Si](C(C)C)(C(C)C)C(C)C. The average molecular weight is 300 g/mol. The number of carbonyl (C=O) groups is 2. The van der Waals surface area contributed by atoms with Crippen LogP contribution in [-0.4, -0.2) is 26.4 Å². The van der Waals surface area contributed by atoms with E-state index in [0.29, 0.717) is 16.6 Å². The number of hydrogen-bond acceptors (Lipinski definition) is 4. The number of esters is 1. The van der Waals surface area contributed by atoms with Crippen molar-refractivity contribution in [1.29, 1.82) is 0 Å². The topological polar surface area (TPSA) is 52.6 Å². The maximum atomic E-state index is 12.2. The summed E-state index contributed by atoms with van der Waals surface area (Å²) in [6, 6.07) is 0. The van der Waals surface area contributed by atoms with E-state index in [1.54, 1.807) is 0 Å². The molecule has 0 aliphatic heterocycles. The van der Waals surface area contributed by atoms with Crippen LogP contribution in [0.3, 0.4) is 0 Å². The van der Waals surface area contributed by atoms with Gasteiger partial charge in [-0.3, -0.25) is 0 Å². The summed E-state index contributed by atoms with van der Waals surface area (Å²) in [6.45, 7) is 17.4. The first-order valence-electron chi connectivity index (χ1n) is 7.15. The molecule has 0 rings (SSSR count). The zero-order valence-corrected chi connectivity index (χ0v) is 14.7. The number of carbonyl (C=O) groups excluding carboxylic acids is 2. The second-order valence-corrected chi connectivity index (χ2v) is 11.4. The van der Waals surface area contributed by atoms with Gasteiger partial charge in [-0.15, -0.1) is 0 Å². The van der Waals surface area contributed by atoms with Gasteiger partial charge in [-0.05, 0) is 23.5 Å². The summed E-state index contributed by atoms with van der Waals surface area (Å²) in [7, 11) is -2.28. The van der Waals surface area contributed by atoms with Gasteiger partial charge in [0, 0.05) is 6.08 Å². The Bertz CT molecular complexity index is 339. The molecule has 0 aromatic heterocycles. The predicted molar refractivity (Wildman–Crippen MR) is 82.9 cm³/mol. The van der Waals surface area contributed by atoms with Crippen molar-refractivity contribution < 1.29 is 18.8 Å². The lowest BCUT2D eigenvalue weighted by Crippen LogP contribution is -2.51. The van der Waals surface area contributed by atoms with Crippen molar-refractivity contribution in [1.82, 2.24) is 0 Å². The first-order chi connectivity index (χ1) is 9.09. The molecule has 0 aliphatic carbocycles. The van der Waals surface area contributed by atoms with E-state index in [2.05, 4.69) is 48.1 Å². The van der Waals surface area contributed by atoms with Crippen molar-refractivity contribution in [3.8, 4) is 0 Å². The molecule has 0 fully saturated rings. The summed E-state index contributed by atoms with van der Waals surface area (Å²) in [5.74, 6) is -1.07. The van der Waals surface area contributed by atoms with Crippen molar-refractivity contribution >= 4 is 20.3 Å². The van der Waals surface area contributed by atoms with Gasteiger partial charge in [-0.1, -0.05) is 48.1 Å². The average Bonchev–Trinajstić information content (AvgIpc) is 2.33. The lowest BCUT2D eigenvalue weighted by molar-refractivity contribution is -0.158. The minimum absolute atomic E-state index is 0.300. The maximum absolute atomic E-state index is 12.2. The third kappa shape index (κ3) is 4.20. The summed E-state index contributed by atoms with van der Waals surface area (Å²) in [4.78, 5) is 23.4. The van der Waals surface area contributed by atoms with Crippen LogP contribution in [-0.2, 0) is 18.8 Å². The van der Waals surface area contributed by atoms with E-state index in [1.165, 1.54) is 6.92 Å². The molecule has 0 saturated heterocycles. The molecule has 0 amide bonds. The zero-order chi connectivity index (χ0) is 16.1. The van der Waals surface area contributed by atoms with Crippen LogP contribution in [0.25, 0.3) is 0 Å². The quantitative estimate of drug-likeness (QED) is 0.407. The Labute approximate surface area is 123 Å². The van der Waals surface area contributed by atoms with Crippen LogP contribution >= 0.6 is 0 Å². The van der Waals surface area contributed by atoms with Gasteiger partial charge in [-0.25, -0.2) is 9.59 Å². The highest BCUT2D eigenvalue weighted by Gasteiger charge is 2.48. The van der Waals surface area contributed by atoms with E-state index < -0.39 is 26.4 Å². The van der Waals surface area contributed by atoms with E-state index in [4.69, 9.17) is 9.16 Å². The predicted octanol–water partition coefficient (Wildman–Crippen LogP) is 3.82.